The highest BCUT2D eigenvalue weighted by molar-refractivity contribution is 5.91. The van der Waals surface area contributed by atoms with Gasteiger partial charge in [0.25, 0.3) is 0 Å². The van der Waals surface area contributed by atoms with Crippen molar-refractivity contribution in [1.82, 2.24) is 15.5 Å². The van der Waals surface area contributed by atoms with Gasteiger partial charge in [0.2, 0.25) is 11.8 Å². The second-order valence-electron chi connectivity index (χ2n) is 6.96. The summed E-state index contributed by atoms with van der Waals surface area (Å²) in [4.78, 5) is 17.0. The zero-order chi connectivity index (χ0) is 16.0. The second-order valence-corrected chi connectivity index (χ2v) is 6.96. The van der Waals surface area contributed by atoms with E-state index in [1.54, 1.807) is 0 Å². The SMILES string of the molecule is Cc1cc(C)cc(C2(C(=O)NCc3nc(C4CC4)no3)CC2)c1. The molecule has 2 saturated carbocycles. The second kappa shape index (κ2) is 5.18. The van der Waals surface area contributed by atoms with E-state index >= 15 is 0 Å². The van der Waals surface area contributed by atoms with Crippen LogP contribution in [-0.4, -0.2) is 16.0 Å². The summed E-state index contributed by atoms with van der Waals surface area (Å²) in [7, 11) is 0. The molecule has 2 aliphatic rings. The Kier molecular flexibility index (Phi) is 3.25. The summed E-state index contributed by atoms with van der Waals surface area (Å²) in [5.41, 5.74) is 3.16. The van der Waals surface area contributed by atoms with Crippen LogP contribution in [0.25, 0.3) is 0 Å². The number of amides is 1. The Hall–Kier alpha value is -2.17. The fourth-order valence-corrected chi connectivity index (χ4v) is 3.20. The lowest BCUT2D eigenvalue weighted by Crippen LogP contribution is -2.34. The number of hydrogen-bond donors (Lipinski definition) is 1. The molecule has 2 aliphatic carbocycles. The van der Waals surface area contributed by atoms with Gasteiger partial charge in [0.1, 0.15) is 0 Å². The predicted octanol–water partition coefficient (Wildman–Crippen LogP) is 2.91. The van der Waals surface area contributed by atoms with E-state index in [4.69, 9.17) is 4.52 Å². The van der Waals surface area contributed by atoms with E-state index in [1.165, 1.54) is 11.1 Å². The highest BCUT2D eigenvalue weighted by atomic mass is 16.5. The molecule has 1 heterocycles. The molecule has 5 heteroatoms. The van der Waals surface area contributed by atoms with E-state index in [0.717, 1.165) is 37.1 Å². The van der Waals surface area contributed by atoms with E-state index in [2.05, 4.69) is 47.5 Å². The van der Waals surface area contributed by atoms with Crippen LogP contribution in [0, 0.1) is 13.8 Å². The van der Waals surface area contributed by atoms with Crippen molar-refractivity contribution in [3.05, 3.63) is 46.6 Å². The van der Waals surface area contributed by atoms with E-state index in [-0.39, 0.29) is 11.3 Å². The summed E-state index contributed by atoms with van der Waals surface area (Å²) in [6, 6.07) is 6.38. The number of benzene rings is 1. The minimum Gasteiger partial charge on any atom is -0.346 e. The van der Waals surface area contributed by atoms with Crippen molar-refractivity contribution >= 4 is 5.91 Å². The number of carbonyl (C=O) groups excluding carboxylic acids is 1. The zero-order valence-corrected chi connectivity index (χ0v) is 13.6. The van der Waals surface area contributed by atoms with E-state index in [9.17, 15) is 4.79 Å². The Morgan fingerprint density at radius 2 is 1.96 bits per heavy atom. The molecule has 0 spiro atoms. The largest absolute Gasteiger partial charge is 0.346 e. The third kappa shape index (κ3) is 2.76. The molecule has 0 aliphatic heterocycles. The molecule has 1 aromatic carbocycles. The first-order valence-corrected chi connectivity index (χ1v) is 8.26. The minimum absolute atomic E-state index is 0.0636. The molecule has 1 amide bonds. The molecule has 23 heavy (non-hydrogen) atoms. The van der Waals surface area contributed by atoms with Gasteiger partial charge in [-0.05, 0) is 45.1 Å². The molecule has 1 aromatic heterocycles. The van der Waals surface area contributed by atoms with Crippen LogP contribution in [0.4, 0.5) is 0 Å². The van der Waals surface area contributed by atoms with Crippen LogP contribution in [0.1, 0.15) is 60.0 Å². The summed E-state index contributed by atoms with van der Waals surface area (Å²) in [6.07, 6.45) is 4.08. The van der Waals surface area contributed by atoms with Gasteiger partial charge in [0, 0.05) is 5.92 Å². The van der Waals surface area contributed by atoms with Crippen molar-refractivity contribution in [2.24, 2.45) is 0 Å². The number of nitrogens with one attached hydrogen (secondary N) is 1. The molecule has 2 aromatic rings. The molecule has 1 N–H and O–H groups in total. The van der Waals surface area contributed by atoms with Gasteiger partial charge in [0.05, 0.1) is 12.0 Å². The summed E-state index contributed by atoms with van der Waals surface area (Å²) in [5, 5.41) is 6.95. The van der Waals surface area contributed by atoms with E-state index in [0.29, 0.717) is 18.4 Å². The van der Waals surface area contributed by atoms with Crippen molar-refractivity contribution in [2.75, 3.05) is 0 Å². The summed E-state index contributed by atoms with van der Waals surface area (Å²) >= 11 is 0. The van der Waals surface area contributed by atoms with Gasteiger partial charge in [-0.25, -0.2) is 0 Å². The third-order valence-corrected chi connectivity index (χ3v) is 4.79. The average molecular weight is 311 g/mol. The van der Waals surface area contributed by atoms with Crippen LogP contribution in [0.3, 0.4) is 0 Å². The molecule has 0 bridgehead atoms. The number of aryl methyl sites for hydroxylation is 2. The zero-order valence-electron chi connectivity index (χ0n) is 13.6. The Balaban J connectivity index is 1.45. The Morgan fingerprint density at radius 3 is 2.57 bits per heavy atom. The molecule has 2 fully saturated rings. The molecule has 0 radical (unpaired) electrons. The van der Waals surface area contributed by atoms with Gasteiger partial charge < -0.3 is 9.84 Å². The van der Waals surface area contributed by atoms with Crippen molar-refractivity contribution < 1.29 is 9.32 Å². The van der Waals surface area contributed by atoms with Crippen LogP contribution in [0.15, 0.2) is 22.7 Å². The first-order valence-electron chi connectivity index (χ1n) is 8.26. The molecule has 120 valence electrons. The van der Waals surface area contributed by atoms with Crippen LogP contribution in [-0.2, 0) is 16.8 Å². The lowest BCUT2D eigenvalue weighted by molar-refractivity contribution is -0.123. The highest BCUT2D eigenvalue weighted by Gasteiger charge is 2.51. The number of hydrogen-bond acceptors (Lipinski definition) is 4. The van der Waals surface area contributed by atoms with E-state index in [1.807, 2.05) is 0 Å². The quantitative estimate of drug-likeness (QED) is 0.922. The van der Waals surface area contributed by atoms with Crippen LogP contribution < -0.4 is 5.32 Å². The lowest BCUT2D eigenvalue weighted by atomic mass is 9.92. The number of carbonyl (C=O) groups is 1. The summed E-state index contributed by atoms with van der Waals surface area (Å²) in [6.45, 7) is 4.45. The molecule has 4 rings (SSSR count). The fourth-order valence-electron chi connectivity index (χ4n) is 3.20. The van der Waals surface area contributed by atoms with Crippen LogP contribution >= 0.6 is 0 Å². The van der Waals surface area contributed by atoms with Gasteiger partial charge >= 0.3 is 0 Å². The third-order valence-electron chi connectivity index (χ3n) is 4.79. The van der Waals surface area contributed by atoms with Crippen molar-refractivity contribution in [1.29, 1.82) is 0 Å². The fraction of sp³-hybridized carbons (Fsp3) is 0.500. The number of nitrogens with zero attached hydrogens (tertiary/aromatic N) is 2. The summed E-state index contributed by atoms with van der Waals surface area (Å²) < 4.78 is 5.22. The van der Waals surface area contributed by atoms with Crippen molar-refractivity contribution in [3.63, 3.8) is 0 Å². The Morgan fingerprint density at radius 1 is 1.26 bits per heavy atom. The number of rotatable bonds is 5. The maximum absolute atomic E-state index is 12.7. The molecular weight excluding hydrogens is 290 g/mol. The van der Waals surface area contributed by atoms with Gasteiger partial charge in [-0.3, -0.25) is 4.79 Å². The molecule has 0 atom stereocenters. The van der Waals surface area contributed by atoms with Gasteiger partial charge in [-0.15, -0.1) is 0 Å². The van der Waals surface area contributed by atoms with Crippen LogP contribution in [0.2, 0.25) is 0 Å². The van der Waals surface area contributed by atoms with Gasteiger partial charge in [-0.2, -0.15) is 4.98 Å². The minimum atomic E-state index is -0.365. The van der Waals surface area contributed by atoms with Gasteiger partial charge in [0.15, 0.2) is 5.82 Å². The standard InChI is InChI=1S/C18H21N3O2/c1-11-7-12(2)9-14(8-11)18(5-6-18)17(22)19-10-15-20-16(21-23-15)13-3-4-13/h7-9,13H,3-6,10H2,1-2H3,(H,19,22). The van der Waals surface area contributed by atoms with Crippen molar-refractivity contribution in [2.45, 2.75) is 57.4 Å². The average Bonchev–Trinajstić information content (AvgIpc) is 3.42. The topological polar surface area (TPSA) is 68.0 Å². The highest BCUT2D eigenvalue weighted by Crippen LogP contribution is 2.48. The predicted molar refractivity (Wildman–Crippen MR) is 84.9 cm³/mol. The molecule has 0 unspecified atom stereocenters. The molecular formula is C18H21N3O2. The number of aromatic nitrogens is 2. The Labute approximate surface area is 135 Å². The van der Waals surface area contributed by atoms with E-state index < -0.39 is 0 Å². The normalized spacial score (nSPS) is 18.7. The molecule has 5 nitrogen and oxygen atoms in total. The summed E-state index contributed by atoms with van der Waals surface area (Å²) in [5.74, 6) is 1.81. The first kappa shape index (κ1) is 14.4. The maximum Gasteiger partial charge on any atom is 0.246 e. The smallest absolute Gasteiger partial charge is 0.246 e. The first-order chi connectivity index (χ1) is 11.1. The van der Waals surface area contributed by atoms with Gasteiger partial charge in [-0.1, -0.05) is 34.5 Å². The maximum atomic E-state index is 12.7. The van der Waals surface area contributed by atoms with Crippen molar-refractivity contribution in [3.8, 4) is 0 Å². The lowest BCUT2D eigenvalue weighted by Gasteiger charge is -2.16. The van der Waals surface area contributed by atoms with Crippen LogP contribution in [0.5, 0.6) is 0 Å². The molecule has 0 saturated heterocycles. The monoisotopic (exact) mass is 311 g/mol. The Bertz CT molecular complexity index is 737.